The molecular weight excluding hydrogens is 512 g/mol. The SMILES string of the molecule is N#Cc1ccccc1COc1ccc(Cl)cc1C=Nn1c(-c2cc3ccccc3o2)nc2ccccc2c1=O. The number of hydrogen-bond acceptors (Lipinski definition) is 6. The first-order valence-electron chi connectivity index (χ1n) is 12.1. The molecule has 2 heterocycles. The largest absolute Gasteiger partial charge is 0.488 e. The predicted molar refractivity (Wildman–Crippen MR) is 151 cm³/mol. The molecule has 0 N–H and O–H groups in total. The standard InChI is InChI=1S/C31H19ClN4O3/c32-24-13-14-27(38-19-22-9-2-1-8-21(22)17-33)23(15-24)18-34-36-30(29-16-20-7-3-6-12-28(20)39-29)35-26-11-5-4-10-25(26)31(36)37/h1-16,18H,19H2. The van der Waals surface area contributed by atoms with E-state index in [1.807, 2.05) is 48.5 Å². The minimum Gasteiger partial charge on any atom is -0.488 e. The molecule has 0 radical (unpaired) electrons. The summed E-state index contributed by atoms with van der Waals surface area (Å²) in [5, 5.41) is 15.7. The fraction of sp³-hybridized carbons (Fsp3) is 0.0323. The van der Waals surface area contributed by atoms with E-state index in [2.05, 4.69) is 11.2 Å². The summed E-state index contributed by atoms with van der Waals surface area (Å²) >= 11 is 6.29. The molecule has 0 amide bonds. The monoisotopic (exact) mass is 530 g/mol. The van der Waals surface area contributed by atoms with Crippen molar-refractivity contribution in [2.45, 2.75) is 6.61 Å². The van der Waals surface area contributed by atoms with Crippen molar-refractivity contribution in [3.8, 4) is 23.4 Å². The quantitative estimate of drug-likeness (QED) is 0.221. The van der Waals surface area contributed by atoms with E-state index in [1.54, 1.807) is 48.5 Å². The Bertz CT molecular complexity index is 1950. The smallest absolute Gasteiger partial charge is 0.282 e. The first-order chi connectivity index (χ1) is 19.1. The Kier molecular flexibility index (Phi) is 6.37. The molecule has 2 aromatic heterocycles. The molecule has 4 aromatic carbocycles. The van der Waals surface area contributed by atoms with Gasteiger partial charge in [-0.1, -0.05) is 60.1 Å². The molecule has 0 saturated carbocycles. The van der Waals surface area contributed by atoms with Gasteiger partial charge < -0.3 is 9.15 Å². The number of halogens is 1. The highest BCUT2D eigenvalue weighted by molar-refractivity contribution is 6.30. The van der Waals surface area contributed by atoms with Crippen LogP contribution in [0.4, 0.5) is 0 Å². The molecule has 0 aliphatic carbocycles. The van der Waals surface area contributed by atoms with Crippen LogP contribution in [0.5, 0.6) is 5.75 Å². The maximum atomic E-state index is 13.6. The molecule has 0 aliphatic rings. The van der Waals surface area contributed by atoms with Gasteiger partial charge in [0.2, 0.25) is 5.82 Å². The molecular formula is C31H19ClN4O3. The van der Waals surface area contributed by atoms with Gasteiger partial charge in [-0.3, -0.25) is 4.79 Å². The van der Waals surface area contributed by atoms with E-state index in [1.165, 1.54) is 10.9 Å². The minimum atomic E-state index is -0.347. The lowest BCUT2D eigenvalue weighted by Crippen LogP contribution is -2.20. The number of nitriles is 1. The third-order valence-corrected chi connectivity index (χ3v) is 6.44. The van der Waals surface area contributed by atoms with Gasteiger partial charge in [0.15, 0.2) is 5.76 Å². The maximum Gasteiger partial charge on any atom is 0.282 e. The average molecular weight is 531 g/mol. The third-order valence-electron chi connectivity index (χ3n) is 6.20. The lowest BCUT2D eigenvalue weighted by Gasteiger charge is -2.11. The Morgan fingerprint density at radius 2 is 1.79 bits per heavy atom. The lowest BCUT2D eigenvalue weighted by molar-refractivity contribution is 0.305. The average Bonchev–Trinajstić information content (AvgIpc) is 3.40. The molecule has 0 unspecified atom stereocenters. The summed E-state index contributed by atoms with van der Waals surface area (Å²) in [4.78, 5) is 18.3. The van der Waals surface area contributed by atoms with Crippen LogP contribution < -0.4 is 10.3 Å². The zero-order valence-electron chi connectivity index (χ0n) is 20.4. The van der Waals surface area contributed by atoms with Crippen LogP contribution in [0.25, 0.3) is 33.5 Å². The second kappa shape index (κ2) is 10.3. The van der Waals surface area contributed by atoms with Gasteiger partial charge in [-0.05, 0) is 48.5 Å². The summed E-state index contributed by atoms with van der Waals surface area (Å²) < 4.78 is 13.3. The van der Waals surface area contributed by atoms with Crippen molar-refractivity contribution in [3.05, 3.63) is 129 Å². The van der Waals surface area contributed by atoms with Crippen LogP contribution in [0.1, 0.15) is 16.7 Å². The number of benzene rings is 4. The topological polar surface area (TPSA) is 93.4 Å². The molecule has 0 atom stereocenters. The molecule has 0 spiro atoms. The van der Waals surface area contributed by atoms with Crippen molar-refractivity contribution in [1.29, 1.82) is 5.26 Å². The zero-order chi connectivity index (χ0) is 26.8. The Morgan fingerprint density at radius 1 is 1.00 bits per heavy atom. The molecule has 188 valence electrons. The van der Waals surface area contributed by atoms with Crippen molar-refractivity contribution >= 4 is 39.7 Å². The van der Waals surface area contributed by atoms with Crippen molar-refractivity contribution < 1.29 is 9.15 Å². The van der Waals surface area contributed by atoms with Crippen LogP contribution in [-0.2, 0) is 6.61 Å². The molecule has 0 aliphatic heterocycles. The second-order valence-electron chi connectivity index (χ2n) is 8.70. The van der Waals surface area contributed by atoms with Gasteiger partial charge in [0.25, 0.3) is 5.56 Å². The van der Waals surface area contributed by atoms with Crippen LogP contribution >= 0.6 is 11.6 Å². The summed E-state index contributed by atoms with van der Waals surface area (Å²) in [5.41, 5.74) is 2.69. The van der Waals surface area contributed by atoms with E-state index >= 15 is 0 Å². The van der Waals surface area contributed by atoms with E-state index in [0.717, 1.165) is 10.9 Å². The number of rotatable bonds is 6. The Labute approximate surface area is 227 Å². The fourth-order valence-corrected chi connectivity index (χ4v) is 4.45. The van der Waals surface area contributed by atoms with E-state index < -0.39 is 0 Å². The highest BCUT2D eigenvalue weighted by Crippen LogP contribution is 2.28. The highest BCUT2D eigenvalue weighted by atomic mass is 35.5. The number of fused-ring (bicyclic) bond motifs is 2. The van der Waals surface area contributed by atoms with Crippen LogP contribution in [0.15, 0.2) is 111 Å². The fourth-order valence-electron chi connectivity index (χ4n) is 4.26. The van der Waals surface area contributed by atoms with Crippen molar-refractivity contribution in [1.82, 2.24) is 9.66 Å². The van der Waals surface area contributed by atoms with Gasteiger partial charge in [-0.25, -0.2) is 4.98 Å². The minimum absolute atomic E-state index is 0.175. The zero-order valence-corrected chi connectivity index (χ0v) is 21.2. The predicted octanol–water partition coefficient (Wildman–Crippen LogP) is 6.80. The number of furan rings is 1. The highest BCUT2D eigenvalue weighted by Gasteiger charge is 2.16. The van der Waals surface area contributed by atoms with Gasteiger partial charge in [0, 0.05) is 21.5 Å². The number of nitrogens with zero attached hydrogens (tertiary/aromatic N) is 4. The van der Waals surface area contributed by atoms with Crippen LogP contribution in [-0.4, -0.2) is 15.9 Å². The molecule has 6 aromatic rings. The van der Waals surface area contributed by atoms with Crippen LogP contribution in [0.2, 0.25) is 5.02 Å². The van der Waals surface area contributed by atoms with Gasteiger partial charge in [-0.2, -0.15) is 15.0 Å². The first-order valence-corrected chi connectivity index (χ1v) is 12.4. The van der Waals surface area contributed by atoms with E-state index in [4.69, 9.17) is 25.7 Å². The summed E-state index contributed by atoms with van der Waals surface area (Å²) in [6.07, 6.45) is 1.50. The molecule has 0 saturated heterocycles. The molecule has 0 fully saturated rings. The Balaban J connectivity index is 1.44. The third kappa shape index (κ3) is 4.77. The molecule has 6 rings (SSSR count). The van der Waals surface area contributed by atoms with Crippen molar-refractivity contribution in [2.75, 3.05) is 0 Å². The van der Waals surface area contributed by atoms with Crippen molar-refractivity contribution in [2.24, 2.45) is 5.10 Å². The molecule has 7 nitrogen and oxygen atoms in total. The van der Waals surface area contributed by atoms with E-state index in [0.29, 0.717) is 44.1 Å². The van der Waals surface area contributed by atoms with Crippen LogP contribution in [0, 0.1) is 11.3 Å². The first kappa shape index (κ1) is 24.2. The Morgan fingerprint density at radius 3 is 2.67 bits per heavy atom. The summed E-state index contributed by atoms with van der Waals surface area (Å²) in [7, 11) is 0. The number of hydrogen-bond donors (Lipinski definition) is 0. The van der Waals surface area contributed by atoms with Gasteiger partial charge in [0.05, 0.1) is 28.8 Å². The second-order valence-corrected chi connectivity index (χ2v) is 9.14. The molecule has 0 bridgehead atoms. The van der Waals surface area contributed by atoms with Crippen molar-refractivity contribution in [3.63, 3.8) is 0 Å². The normalized spacial score (nSPS) is 11.3. The van der Waals surface area contributed by atoms with Gasteiger partial charge >= 0.3 is 0 Å². The lowest BCUT2D eigenvalue weighted by atomic mass is 10.1. The van der Waals surface area contributed by atoms with E-state index in [-0.39, 0.29) is 18.0 Å². The number of aromatic nitrogens is 2. The Hall–Kier alpha value is -5.19. The maximum absolute atomic E-state index is 13.6. The van der Waals surface area contributed by atoms with Gasteiger partial charge in [0.1, 0.15) is 17.9 Å². The number of para-hydroxylation sites is 2. The molecule has 39 heavy (non-hydrogen) atoms. The molecule has 8 heteroatoms. The van der Waals surface area contributed by atoms with E-state index in [9.17, 15) is 10.1 Å². The number of ether oxygens (including phenoxy) is 1. The van der Waals surface area contributed by atoms with Crippen LogP contribution in [0.3, 0.4) is 0 Å². The van der Waals surface area contributed by atoms with Gasteiger partial charge in [-0.15, -0.1) is 0 Å². The summed E-state index contributed by atoms with van der Waals surface area (Å²) in [6.45, 7) is 0.175. The summed E-state index contributed by atoms with van der Waals surface area (Å²) in [6, 6.07) is 31.0. The summed E-state index contributed by atoms with van der Waals surface area (Å²) in [5.74, 6) is 1.16.